The Labute approximate surface area is 158 Å². The molecule has 2 bridgehead atoms. The average molecular weight is 368 g/mol. The highest BCUT2D eigenvalue weighted by atomic mass is 16.5. The number of amides is 1. The van der Waals surface area contributed by atoms with Gasteiger partial charge in [-0.15, -0.1) is 0 Å². The van der Waals surface area contributed by atoms with Crippen molar-refractivity contribution in [2.75, 3.05) is 40.5 Å². The summed E-state index contributed by atoms with van der Waals surface area (Å²) in [6.45, 7) is 3.32. The Morgan fingerprint density at radius 3 is 2.74 bits per heavy atom. The lowest BCUT2D eigenvalue weighted by atomic mass is 10.1. The summed E-state index contributed by atoms with van der Waals surface area (Å²) in [7, 11) is 3.52. The molecule has 0 N–H and O–H groups in total. The molecule has 2 aromatic rings. The molecule has 1 aromatic heterocycles. The van der Waals surface area contributed by atoms with E-state index >= 15 is 0 Å². The SMILES string of the molecule is COc1ccccc1-c1ncc(CN2C[C@@H]3COC[C@H](C2)N(C)C3=O)cn1. The number of hydrogen-bond acceptors (Lipinski definition) is 6. The van der Waals surface area contributed by atoms with E-state index < -0.39 is 0 Å². The summed E-state index contributed by atoms with van der Waals surface area (Å²) in [5.41, 5.74) is 1.91. The molecule has 0 aliphatic carbocycles. The summed E-state index contributed by atoms with van der Waals surface area (Å²) in [5.74, 6) is 1.48. The van der Waals surface area contributed by atoms with Gasteiger partial charge in [0, 0.05) is 44.6 Å². The van der Waals surface area contributed by atoms with Gasteiger partial charge >= 0.3 is 0 Å². The molecule has 27 heavy (non-hydrogen) atoms. The van der Waals surface area contributed by atoms with Gasteiger partial charge in [-0.05, 0) is 12.1 Å². The molecule has 2 aliphatic rings. The second-order valence-electron chi connectivity index (χ2n) is 7.15. The monoisotopic (exact) mass is 368 g/mol. The van der Waals surface area contributed by atoms with Gasteiger partial charge in [-0.3, -0.25) is 9.69 Å². The van der Waals surface area contributed by atoms with Crippen LogP contribution in [0.1, 0.15) is 5.56 Å². The van der Waals surface area contributed by atoms with E-state index in [9.17, 15) is 4.79 Å². The number of para-hydroxylation sites is 1. The largest absolute Gasteiger partial charge is 0.496 e. The predicted octanol–water partition coefficient (Wildman–Crippen LogP) is 1.44. The van der Waals surface area contributed by atoms with E-state index in [1.165, 1.54) is 0 Å². The van der Waals surface area contributed by atoms with Gasteiger partial charge in [0.25, 0.3) is 0 Å². The van der Waals surface area contributed by atoms with Crippen LogP contribution in [0, 0.1) is 5.92 Å². The van der Waals surface area contributed by atoms with E-state index in [1.807, 2.05) is 48.6 Å². The summed E-state index contributed by atoms with van der Waals surface area (Å²) in [4.78, 5) is 25.7. The Morgan fingerprint density at radius 1 is 1.19 bits per heavy atom. The second-order valence-corrected chi connectivity index (χ2v) is 7.15. The van der Waals surface area contributed by atoms with Crippen molar-refractivity contribution in [1.82, 2.24) is 19.8 Å². The Morgan fingerprint density at radius 2 is 1.96 bits per heavy atom. The number of carbonyl (C=O) groups excluding carboxylic acids is 1. The highest BCUT2D eigenvalue weighted by molar-refractivity contribution is 5.80. The predicted molar refractivity (Wildman–Crippen MR) is 100 cm³/mol. The molecule has 0 saturated carbocycles. The molecule has 0 spiro atoms. The molecule has 7 heteroatoms. The van der Waals surface area contributed by atoms with Crippen LogP contribution in [0.3, 0.4) is 0 Å². The topological polar surface area (TPSA) is 67.8 Å². The molecule has 0 radical (unpaired) electrons. The lowest BCUT2D eigenvalue weighted by Crippen LogP contribution is -2.42. The Bertz CT molecular complexity index is 811. The first-order valence-electron chi connectivity index (χ1n) is 9.17. The number of ether oxygens (including phenoxy) is 2. The Balaban J connectivity index is 1.50. The van der Waals surface area contributed by atoms with E-state index in [0.717, 1.165) is 30.0 Å². The number of methoxy groups -OCH3 is 1. The third-order valence-corrected chi connectivity index (χ3v) is 5.28. The maximum atomic E-state index is 12.5. The minimum atomic E-state index is -0.101. The first kappa shape index (κ1) is 17.9. The lowest BCUT2D eigenvalue weighted by molar-refractivity contribution is -0.133. The molecule has 0 unspecified atom stereocenters. The van der Waals surface area contributed by atoms with Crippen LogP contribution < -0.4 is 4.74 Å². The summed E-state index contributed by atoms with van der Waals surface area (Å²) in [6.07, 6.45) is 3.72. The smallest absolute Gasteiger partial charge is 0.229 e. The maximum Gasteiger partial charge on any atom is 0.229 e. The molecule has 2 aliphatic heterocycles. The van der Waals surface area contributed by atoms with Crippen LogP contribution in [0.15, 0.2) is 36.7 Å². The van der Waals surface area contributed by atoms with Crippen molar-refractivity contribution in [3.05, 3.63) is 42.2 Å². The highest BCUT2D eigenvalue weighted by Gasteiger charge is 2.37. The first-order chi connectivity index (χ1) is 13.2. The molecule has 2 saturated heterocycles. The summed E-state index contributed by atoms with van der Waals surface area (Å²) in [6, 6.07) is 7.82. The molecule has 1 aromatic carbocycles. The third-order valence-electron chi connectivity index (χ3n) is 5.28. The minimum Gasteiger partial charge on any atom is -0.496 e. The van der Waals surface area contributed by atoms with Crippen molar-refractivity contribution in [3.8, 4) is 17.1 Å². The number of aromatic nitrogens is 2. The Kier molecular flexibility index (Phi) is 5.05. The number of likely N-dealkylation sites (N-methyl/N-ethyl adjacent to an activating group) is 1. The molecule has 2 atom stereocenters. The molecular formula is C20H24N4O3. The standard InChI is InChI=1S/C20H24N4O3/c1-23-16-11-24(10-15(20(23)25)12-27-13-16)9-14-7-21-19(22-8-14)17-5-3-4-6-18(17)26-2/h3-8,15-16H,9-13H2,1-2H3/t15-,16+/m1/s1. The Hall–Kier alpha value is -2.51. The fraction of sp³-hybridized carbons (Fsp3) is 0.450. The number of nitrogens with zero attached hydrogens (tertiary/aromatic N) is 4. The van der Waals surface area contributed by atoms with Gasteiger partial charge in [0.05, 0.1) is 37.8 Å². The van der Waals surface area contributed by atoms with Crippen LogP contribution >= 0.6 is 0 Å². The second kappa shape index (κ2) is 7.62. The number of rotatable bonds is 4. The molecule has 3 heterocycles. The number of fused-ring (bicyclic) bond motifs is 3. The molecule has 1 amide bonds. The van der Waals surface area contributed by atoms with Gasteiger partial charge in [-0.2, -0.15) is 0 Å². The number of carbonyl (C=O) groups is 1. The number of benzene rings is 1. The quantitative estimate of drug-likeness (QED) is 0.814. The van der Waals surface area contributed by atoms with Gasteiger partial charge < -0.3 is 14.4 Å². The van der Waals surface area contributed by atoms with E-state index in [1.54, 1.807) is 7.11 Å². The average Bonchev–Trinajstić information content (AvgIpc) is 2.88. The summed E-state index contributed by atoms with van der Waals surface area (Å²) < 4.78 is 11.1. The van der Waals surface area contributed by atoms with Crippen LogP contribution in [-0.4, -0.2) is 72.2 Å². The van der Waals surface area contributed by atoms with Crippen molar-refractivity contribution in [2.45, 2.75) is 12.6 Å². The van der Waals surface area contributed by atoms with Gasteiger partial charge in [0.1, 0.15) is 5.75 Å². The van der Waals surface area contributed by atoms with Gasteiger partial charge in [-0.25, -0.2) is 9.97 Å². The molecule has 142 valence electrons. The zero-order valence-electron chi connectivity index (χ0n) is 15.7. The zero-order valence-corrected chi connectivity index (χ0v) is 15.7. The van der Waals surface area contributed by atoms with Gasteiger partial charge in [0.15, 0.2) is 5.82 Å². The van der Waals surface area contributed by atoms with Crippen LogP contribution in [0.4, 0.5) is 0 Å². The van der Waals surface area contributed by atoms with Crippen LogP contribution in [0.5, 0.6) is 5.75 Å². The van der Waals surface area contributed by atoms with Crippen molar-refractivity contribution < 1.29 is 14.3 Å². The third kappa shape index (κ3) is 3.65. The summed E-state index contributed by atoms with van der Waals surface area (Å²) in [5, 5.41) is 0. The first-order valence-corrected chi connectivity index (χ1v) is 9.17. The van der Waals surface area contributed by atoms with E-state index in [4.69, 9.17) is 9.47 Å². The van der Waals surface area contributed by atoms with Crippen LogP contribution in [0.2, 0.25) is 0 Å². The van der Waals surface area contributed by atoms with Crippen molar-refractivity contribution >= 4 is 5.91 Å². The molecular weight excluding hydrogens is 344 g/mol. The fourth-order valence-electron chi connectivity index (χ4n) is 3.78. The van der Waals surface area contributed by atoms with E-state index in [2.05, 4.69) is 14.9 Å². The minimum absolute atomic E-state index is 0.0961. The van der Waals surface area contributed by atoms with Crippen LogP contribution in [0.25, 0.3) is 11.4 Å². The molecule has 2 fully saturated rings. The van der Waals surface area contributed by atoms with Crippen molar-refractivity contribution in [2.24, 2.45) is 5.92 Å². The summed E-state index contributed by atoms with van der Waals surface area (Å²) >= 11 is 0. The van der Waals surface area contributed by atoms with Crippen molar-refractivity contribution in [1.29, 1.82) is 0 Å². The number of hydrogen-bond donors (Lipinski definition) is 0. The normalized spacial score (nSPS) is 23.2. The molecule has 7 nitrogen and oxygen atoms in total. The zero-order chi connectivity index (χ0) is 18.8. The van der Waals surface area contributed by atoms with Gasteiger partial charge in [-0.1, -0.05) is 12.1 Å². The molecule has 4 rings (SSSR count). The van der Waals surface area contributed by atoms with Crippen LogP contribution in [-0.2, 0) is 16.1 Å². The van der Waals surface area contributed by atoms with E-state index in [-0.39, 0.29) is 17.9 Å². The lowest BCUT2D eigenvalue weighted by Gasteiger charge is -2.29. The highest BCUT2D eigenvalue weighted by Crippen LogP contribution is 2.26. The van der Waals surface area contributed by atoms with Crippen molar-refractivity contribution in [3.63, 3.8) is 0 Å². The van der Waals surface area contributed by atoms with E-state index in [0.29, 0.717) is 25.6 Å². The fourth-order valence-corrected chi connectivity index (χ4v) is 3.78. The maximum absolute atomic E-state index is 12.5. The van der Waals surface area contributed by atoms with Gasteiger partial charge in [0.2, 0.25) is 5.91 Å².